The van der Waals surface area contributed by atoms with Crippen LogP contribution >= 0.6 is 0 Å². The van der Waals surface area contributed by atoms with E-state index in [-0.39, 0.29) is 48.9 Å². The first-order chi connectivity index (χ1) is 27.5. The molecule has 0 unspecified atom stereocenters. The smallest absolute Gasteiger partial charge is 0.243 e. The van der Waals surface area contributed by atoms with Crippen LogP contribution in [0.1, 0.15) is 73.1 Å². The van der Waals surface area contributed by atoms with E-state index in [2.05, 4.69) is 21.3 Å². The molecule has 1 saturated heterocycles. The van der Waals surface area contributed by atoms with Crippen LogP contribution in [0.2, 0.25) is 0 Å². The van der Waals surface area contributed by atoms with Gasteiger partial charge in [0, 0.05) is 18.4 Å². The third kappa shape index (κ3) is 12.3. The Morgan fingerprint density at radius 2 is 1.25 bits per heavy atom. The summed E-state index contributed by atoms with van der Waals surface area (Å²) >= 11 is 0. The molecule has 0 aromatic heterocycles. The Hall–Kier alpha value is -5.81. The molecule has 1 fully saturated rings. The zero-order valence-electron chi connectivity index (χ0n) is 33.3. The number of piperidine rings is 1. The average molecular weight is 774 g/mol. The third-order valence-electron chi connectivity index (χ3n) is 10.4. The molecule has 4 amide bonds. The molecule has 1 aliphatic rings. The Morgan fingerprint density at radius 3 is 1.84 bits per heavy atom. The van der Waals surface area contributed by atoms with Crippen LogP contribution in [0.15, 0.2) is 115 Å². The molecule has 1 aliphatic heterocycles. The van der Waals surface area contributed by atoms with E-state index in [1.165, 1.54) is 0 Å². The molecular weight excluding hydrogens is 719 g/mol. The van der Waals surface area contributed by atoms with Crippen LogP contribution < -0.4 is 26.0 Å². The van der Waals surface area contributed by atoms with E-state index in [4.69, 9.17) is 4.74 Å². The molecule has 5 rings (SSSR count). The van der Waals surface area contributed by atoms with Gasteiger partial charge in [-0.05, 0) is 61.1 Å². The van der Waals surface area contributed by atoms with Crippen LogP contribution in [0.4, 0.5) is 0 Å². The number of carbonyl (C=O) groups excluding carboxylic acids is 5. The van der Waals surface area contributed by atoms with Gasteiger partial charge < -0.3 is 26.0 Å². The summed E-state index contributed by atoms with van der Waals surface area (Å²) in [5, 5.41) is 11.9. The first-order valence-electron chi connectivity index (χ1n) is 19.8. The largest absolute Gasteiger partial charge is 0.497 e. The fourth-order valence-corrected chi connectivity index (χ4v) is 7.12. The lowest BCUT2D eigenvalue weighted by molar-refractivity contribution is -0.135. The van der Waals surface area contributed by atoms with Gasteiger partial charge in [0.1, 0.15) is 23.9 Å². The standard InChI is InChI=1S/C46H55N5O6/c1-31(2)42(46(56)49-38(27-33-17-8-5-9-18-33)43(53)47-32(3)35-21-12-7-13-22-35)50-44(54)39(28-34-19-10-6-11-20-34)48-45(55)40-25-14-15-26-51(40)30-41(52)36-23-16-24-37(29-36)57-4/h5-13,16-24,29,31-32,38-40,42H,14-15,25-28,30H2,1-4H3,(H,47,53)(H,48,55)(H,49,56)(H,50,54)/t32-,38+,39+,40+,42+/m1/s1. The van der Waals surface area contributed by atoms with Crippen LogP contribution in [0.5, 0.6) is 5.75 Å². The van der Waals surface area contributed by atoms with Gasteiger partial charge in [-0.2, -0.15) is 0 Å². The van der Waals surface area contributed by atoms with Gasteiger partial charge in [-0.1, -0.05) is 123 Å². The van der Waals surface area contributed by atoms with E-state index in [0.29, 0.717) is 24.3 Å². The Kier molecular flexibility index (Phi) is 15.5. The van der Waals surface area contributed by atoms with Gasteiger partial charge in [-0.15, -0.1) is 0 Å². The van der Waals surface area contributed by atoms with Crippen molar-refractivity contribution in [2.45, 2.75) is 83.1 Å². The van der Waals surface area contributed by atoms with Crippen molar-refractivity contribution in [3.8, 4) is 5.75 Å². The molecular formula is C46H55N5O6. The van der Waals surface area contributed by atoms with E-state index in [9.17, 15) is 24.0 Å². The summed E-state index contributed by atoms with van der Waals surface area (Å²) in [6.07, 6.45) is 2.58. The first-order valence-corrected chi connectivity index (χ1v) is 19.8. The van der Waals surface area contributed by atoms with Gasteiger partial charge >= 0.3 is 0 Å². The maximum Gasteiger partial charge on any atom is 0.243 e. The van der Waals surface area contributed by atoms with Gasteiger partial charge in [0.2, 0.25) is 23.6 Å². The molecule has 5 atom stereocenters. The normalized spacial score (nSPS) is 16.3. The van der Waals surface area contributed by atoms with E-state index in [1.54, 1.807) is 31.4 Å². The van der Waals surface area contributed by atoms with Crippen LogP contribution in [0, 0.1) is 5.92 Å². The van der Waals surface area contributed by atoms with Crippen molar-refractivity contribution in [2.24, 2.45) is 5.92 Å². The lowest BCUT2D eigenvalue weighted by atomic mass is 9.97. The summed E-state index contributed by atoms with van der Waals surface area (Å²) in [7, 11) is 1.54. The highest BCUT2D eigenvalue weighted by atomic mass is 16.5. The lowest BCUT2D eigenvalue weighted by Crippen LogP contribution is -2.60. The van der Waals surface area contributed by atoms with Gasteiger partial charge in [-0.3, -0.25) is 28.9 Å². The molecule has 11 heteroatoms. The molecule has 11 nitrogen and oxygen atoms in total. The molecule has 4 aromatic carbocycles. The molecule has 0 radical (unpaired) electrons. The van der Waals surface area contributed by atoms with Gasteiger partial charge in [0.15, 0.2) is 5.78 Å². The molecule has 1 heterocycles. The number of amides is 4. The summed E-state index contributed by atoms with van der Waals surface area (Å²) in [6, 6.07) is 31.4. The summed E-state index contributed by atoms with van der Waals surface area (Å²) in [4.78, 5) is 71.4. The predicted molar refractivity (Wildman–Crippen MR) is 220 cm³/mol. The minimum Gasteiger partial charge on any atom is -0.497 e. The van der Waals surface area contributed by atoms with Gasteiger partial charge in [0.25, 0.3) is 0 Å². The Bertz CT molecular complexity index is 1940. The molecule has 300 valence electrons. The van der Waals surface area contributed by atoms with Crippen molar-refractivity contribution in [2.75, 3.05) is 20.2 Å². The number of hydrogen-bond acceptors (Lipinski definition) is 7. The zero-order valence-corrected chi connectivity index (χ0v) is 33.3. The minimum absolute atomic E-state index is 0.0399. The second-order valence-corrected chi connectivity index (χ2v) is 15.0. The Labute approximate surface area is 336 Å². The molecule has 0 spiro atoms. The second-order valence-electron chi connectivity index (χ2n) is 15.0. The predicted octanol–water partition coefficient (Wildman–Crippen LogP) is 5.21. The fourth-order valence-electron chi connectivity index (χ4n) is 7.12. The van der Waals surface area contributed by atoms with Crippen molar-refractivity contribution in [3.05, 3.63) is 138 Å². The number of nitrogens with one attached hydrogen (secondary N) is 4. The first kappa shape index (κ1) is 42.3. The molecule has 4 aromatic rings. The van der Waals surface area contributed by atoms with Gasteiger partial charge in [-0.25, -0.2) is 0 Å². The third-order valence-corrected chi connectivity index (χ3v) is 10.4. The Balaban J connectivity index is 1.32. The van der Waals surface area contributed by atoms with Crippen molar-refractivity contribution in [3.63, 3.8) is 0 Å². The minimum atomic E-state index is -1.03. The van der Waals surface area contributed by atoms with Crippen molar-refractivity contribution in [1.82, 2.24) is 26.2 Å². The van der Waals surface area contributed by atoms with Crippen LogP contribution in [-0.4, -0.2) is 78.7 Å². The van der Waals surface area contributed by atoms with Crippen molar-refractivity contribution >= 4 is 29.4 Å². The SMILES string of the molecule is COc1cccc(C(=O)CN2CCCC[C@H]2C(=O)N[C@@H](Cc2ccccc2)C(=O)N[C@H](C(=O)N[C@@H](Cc2ccccc2)C(=O)N[C@H](C)c2ccccc2)C(C)C)c1. The van der Waals surface area contributed by atoms with E-state index in [1.807, 2.05) is 117 Å². The molecule has 57 heavy (non-hydrogen) atoms. The summed E-state index contributed by atoms with van der Waals surface area (Å²) in [6.45, 7) is 6.12. The highest BCUT2D eigenvalue weighted by molar-refractivity contribution is 5.99. The number of rotatable bonds is 18. The highest BCUT2D eigenvalue weighted by Gasteiger charge is 2.35. The van der Waals surface area contributed by atoms with Crippen LogP contribution in [-0.2, 0) is 32.0 Å². The van der Waals surface area contributed by atoms with Crippen molar-refractivity contribution in [1.29, 1.82) is 0 Å². The highest BCUT2D eigenvalue weighted by Crippen LogP contribution is 2.20. The summed E-state index contributed by atoms with van der Waals surface area (Å²) < 4.78 is 5.30. The molecule has 4 N–H and O–H groups in total. The number of benzene rings is 4. The van der Waals surface area contributed by atoms with E-state index in [0.717, 1.165) is 29.5 Å². The quantitative estimate of drug-likeness (QED) is 0.102. The van der Waals surface area contributed by atoms with Crippen LogP contribution in [0.25, 0.3) is 0 Å². The number of carbonyl (C=O) groups is 5. The fraction of sp³-hybridized carbons (Fsp3) is 0.370. The maximum absolute atomic E-state index is 14.2. The topological polar surface area (TPSA) is 146 Å². The van der Waals surface area contributed by atoms with E-state index < -0.39 is 36.0 Å². The number of nitrogens with zero attached hydrogens (tertiary/aromatic N) is 1. The lowest BCUT2D eigenvalue weighted by Gasteiger charge is -2.35. The second kappa shape index (κ2) is 20.9. The molecule has 0 bridgehead atoms. The van der Waals surface area contributed by atoms with Crippen LogP contribution in [0.3, 0.4) is 0 Å². The number of likely N-dealkylation sites (tertiary alicyclic amines) is 1. The van der Waals surface area contributed by atoms with Crippen molar-refractivity contribution < 1.29 is 28.7 Å². The summed E-state index contributed by atoms with van der Waals surface area (Å²) in [5.41, 5.74) is 3.11. The number of Topliss-reactive ketones (excluding diaryl/α,β-unsaturated/α-hetero) is 1. The zero-order chi connectivity index (χ0) is 40.7. The summed E-state index contributed by atoms with van der Waals surface area (Å²) in [5.74, 6) is -1.67. The Morgan fingerprint density at radius 1 is 0.667 bits per heavy atom. The molecule has 0 aliphatic carbocycles. The number of methoxy groups -OCH3 is 1. The number of ketones is 1. The maximum atomic E-state index is 14.2. The number of hydrogen-bond donors (Lipinski definition) is 4. The van der Waals surface area contributed by atoms with Gasteiger partial charge in [0.05, 0.1) is 25.7 Å². The van der Waals surface area contributed by atoms with E-state index >= 15 is 0 Å². The molecule has 0 saturated carbocycles. The monoisotopic (exact) mass is 773 g/mol. The number of ether oxygens (including phenoxy) is 1. The average Bonchev–Trinajstić information content (AvgIpc) is 3.23.